The Hall–Kier alpha value is -0.453. The van der Waals surface area contributed by atoms with Crippen LogP contribution in [0.5, 0.6) is 0 Å². The summed E-state index contributed by atoms with van der Waals surface area (Å²) in [6, 6.07) is 0. The van der Waals surface area contributed by atoms with Crippen LogP contribution in [0.2, 0.25) is 18.1 Å². The van der Waals surface area contributed by atoms with E-state index in [1.165, 1.54) is 0 Å². The molecule has 2 saturated carbocycles. The Bertz CT molecular complexity index is 519. The van der Waals surface area contributed by atoms with Crippen LogP contribution in [0.15, 0.2) is 12.2 Å². The molecule has 3 rings (SSSR count). The molecule has 0 saturated heterocycles. The largest absolute Gasteiger partial charge is 0.413 e. The van der Waals surface area contributed by atoms with Crippen LogP contribution in [0.25, 0.3) is 0 Å². The molecule has 0 unspecified atom stereocenters. The minimum Gasteiger partial charge on any atom is -0.413 e. The molecule has 22 heavy (non-hydrogen) atoms. The van der Waals surface area contributed by atoms with Crippen LogP contribution < -0.4 is 0 Å². The molecule has 1 spiro atoms. The predicted molar refractivity (Wildman–Crippen MR) is 90.0 cm³/mol. The molecule has 2 fully saturated rings. The fourth-order valence-corrected chi connectivity index (χ4v) is 6.13. The Balaban J connectivity index is 1.99. The molecule has 2 bridgehead atoms. The maximum Gasteiger partial charge on any atom is 0.192 e. The fourth-order valence-electron chi connectivity index (χ4n) is 4.76. The highest BCUT2D eigenvalue weighted by molar-refractivity contribution is 6.74. The number of hydrogen-bond donors (Lipinski definition) is 1. The minimum atomic E-state index is -1.96. The molecule has 0 aliphatic heterocycles. The minimum absolute atomic E-state index is 0.0146. The highest BCUT2D eigenvalue weighted by atomic mass is 28.4. The van der Waals surface area contributed by atoms with E-state index < -0.39 is 19.8 Å². The molecule has 0 radical (unpaired) electrons. The fraction of sp³-hybridized carbons (Fsp3) is 0.833. The summed E-state index contributed by atoms with van der Waals surface area (Å²) in [5.74, 6) is 0.819. The number of rotatable bonds is 2. The van der Waals surface area contributed by atoms with E-state index in [4.69, 9.17) is 4.43 Å². The second-order valence-electron chi connectivity index (χ2n) is 9.06. The molecule has 6 atom stereocenters. The molecule has 0 amide bonds. The van der Waals surface area contributed by atoms with Crippen LogP contribution in [-0.4, -0.2) is 31.4 Å². The smallest absolute Gasteiger partial charge is 0.192 e. The van der Waals surface area contributed by atoms with Crippen LogP contribution in [0, 0.1) is 23.2 Å². The van der Waals surface area contributed by atoms with Crippen molar-refractivity contribution in [2.45, 2.75) is 70.9 Å². The van der Waals surface area contributed by atoms with Crippen LogP contribution >= 0.6 is 0 Å². The van der Waals surface area contributed by atoms with Crippen LogP contribution in [0.4, 0.5) is 0 Å². The average Bonchev–Trinajstić information content (AvgIpc) is 2.79. The SMILES string of the molecule is C[C@H]1[C@@H]2C=C[C@@H](O)[C@]3(C2=O)[C@H](O[Si](C)(C)C(C)(C)C)CC[C@@H]13. The standard InChI is InChI=1S/C18H30O3Si/c1-11-12-7-9-14(19)18(16(12)20)13(11)8-10-15(18)21-22(5,6)17(2,3)4/h7,9,11-15,19H,8,10H2,1-6H3/t11-,12-,13-,14+,15+,18-/m0/s1. The molecule has 3 nitrogen and oxygen atoms in total. The molecular formula is C18H30O3Si. The van der Waals surface area contributed by atoms with Gasteiger partial charge in [-0.15, -0.1) is 0 Å². The maximum atomic E-state index is 13.1. The van der Waals surface area contributed by atoms with Gasteiger partial charge in [0.05, 0.1) is 17.6 Å². The van der Waals surface area contributed by atoms with E-state index in [0.717, 1.165) is 12.8 Å². The zero-order chi connectivity index (χ0) is 16.5. The predicted octanol–water partition coefficient (Wildman–Crippen LogP) is 3.54. The zero-order valence-electron chi connectivity index (χ0n) is 14.7. The molecule has 124 valence electrons. The van der Waals surface area contributed by atoms with Crippen molar-refractivity contribution in [3.63, 3.8) is 0 Å². The third-order valence-corrected chi connectivity index (χ3v) is 11.5. The van der Waals surface area contributed by atoms with Crippen molar-refractivity contribution in [2.24, 2.45) is 23.2 Å². The number of aliphatic hydroxyl groups excluding tert-OH is 1. The van der Waals surface area contributed by atoms with Crippen molar-refractivity contribution < 1.29 is 14.3 Å². The van der Waals surface area contributed by atoms with Crippen LogP contribution in [0.3, 0.4) is 0 Å². The normalized spacial score (nSPS) is 44.5. The Morgan fingerprint density at radius 1 is 1.27 bits per heavy atom. The van der Waals surface area contributed by atoms with Gasteiger partial charge in [-0.3, -0.25) is 4.79 Å². The van der Waals surface area contributed by atoms with Crippen LogP contribution in [0.1, 0.15) is 40.5 Å². The first-order valence-electron chi connectivity index (χ1n) is 8.62. The monoisotopic (exact) mass is 322 g/mol. The van der Waals surface area contributed by atoms with E-state index in [2.05, 4.69) is 40.8 Å². The third-order valence-electron chi connectivity index (χ3n) is 7.05. The quantitative estimate of drug-likeness (QED) is 0.625. The highest BCUT2D eigenvalue weighted by Crippen LogP contribution is 2.62. The van der Waals surface area contributed by atoms with E-state index in [0.29, 0.717) is 5.92 Å². The Morgan fingerprint density at radius 3 is 2.50 bits per heavy atom. The van der Waals surface area contributed by atoms with Crippen LogP contribution in [-0.2, 0) is 9.22 Å². The molecule has 0 aromatic carbocycles. The number of ketones is 1. The highest BCUT2D eigenvalue weighted by Gasteiger charge is 2.69. The van der Waals surface area contributed by atoms with Gasteiger partial charge in [0.15, 0.2) is 14.1 Å². The first kappa shape index (κ1) is 16.4. The van der Waals surface area contributed by atoms with Gasteiger partial charge in [-0.1, -0.05) is 39.8 Å². The van der Waals surface area contributed by atoms with Crippen molar-refractivity contribution >= 4 is 14.1 Å². The first-order valence-corrected chi connectivity index (χ1v) is 11.5. The molecule has 0 aromatic heterocycles. The summed E-state index contributed by atoms with van der Waals surface area (Å²) < 4.78 is 6.67. The van der Waals surface area contributed by atoms with Gasteiger partial charge >= 0.3 is 0 Å². The van der Waals surface area contributed by atoms with Crippen molar-refractivity contribution in [3.8, 4) is 0 Å². The van der Waals surface area contributed by atoms with Crippen molar-refractivity contribution in [1.29, 1.82) is 0 Å². The second-order valence-corrected chi connectivity index (χ2v) is 13.8. The van der Waals surface area contributed by atoms with E-state index >= 15 is 0 Å². The third kappa shape index (κ3) is 1.90. The first-order chi connectivity index (χ1) is 10.0. The zero-order valence-corrected chi connectivity index (χ0v) is 15.7. The summed E-state index contributed by atoms with van der Waals surface area (Å²) in [4.78, 5) is 13.1. The number of aliphatic hydroxyl groups is 1. The Morgan fingerprint density at radius 2 is 1.91 bits per heavy atom. The lowest BCUT2D eigenvalue weighted by molar-refractivity contribution is -0.141. The number of fused-ring (bicyclic) bond motifs is 1. The number of carbonyl (C=O) groups excluding carboxylic acids is 1. The van der Waals surface area contributed by atoms with Gasteiger partial charge in [-0.25, -0.2) is 0 Å². The number of allylic oxidation sites excluding steroid dienone is 1. The maximum absolute atomic E-state index is 13.1. The molecular weight excluding hydrogens is 292 g/mol. The molecule has 1 N–H and O–H groups in total. The summed E-state index contributed by atoms with van der Waals surface area (Å²) >= 11 is 0. The summed E-state index contributed by atoms with van der Waals surface area (Å²) in [5.41, 5.74) is -0.672. The van der Waals surface area contributed by atoms with Crippen molar-refractivity contribution in [2.75, 3.05) is 0 Å². The van der Waals surface area contributed by atoms with Gasteiger partial charge in [0.25, 0.3) is 0 Å². The van der Waals surface area contributed by atoms with E-state index in [9.17, 15) is 9.90 Å². The Kier molecular flexibility index (Phi) is 3.56. The summed E-state index contributed by atoms with van der Waals surface area (Å²) in [6.07, 6.45) is 4.91. The number of Topliss-reactive ketones (excluding diaryl/α,β-unsaturated/α-hetero) is 1. The summed E-state index contributed by atoms with van der Waals surface area (Å²) in [7, 11) is -1.96. The lowest BCUT2D eigenvalue weighted by atomic mass is 9.70. The molecule has 3 aliphatic carbocycles. The second kappa shape index (κ2) is 4.78. The van der Waals surface area contributed by atoms with Gasteiger partial charge in [0.2, 0.25) is 0 Å². The molecule has 0 heterocycles. The van der Waals surface area contributed by atoms with E-state index in [-0.39, 0.29) is 28.8 Å². The number of hydrogen-bond acceptors (Lipinski definition) is 3. The summed E-state index contributed by atoms with van der Waals surface area (Å²) in [5, 5.41) is 10.9. The lowest BCUT2D eigenvalue weighted by Gasteiger charge is -2.45. The molecule has 3 aliphatic rings. The summed E-state index contributed by atoms with van der Waals surface area (Å²) in [6.45, 7) is 13.3. The average molecular weight is 323 g/mol. The van der Waals surface area contributed by atoms with Gasteiger partial charge in [0, 0.05) is 5.92 Å². The van der Waals surface area contributed by atoms with Gasteiger partial charge in [-0.2, -0.15) is 0 Å². The van der Waals surface area contributed by atoms with E-state index in [1.807, 2.05) is 12.2 Å². The van der Waals surface area contributed by atoms with Gasteiger partial charge in [0.1, 0.15) is 0 Å². The topological polar surface area (TPSA) is 46.5 Å². The van der Waals surface area contributed by atoms with Gasteiger partial charge in [-0.05, 0) is 42.8 Å². The van der Waals surface area contributed by atoms with Crippen molar-refractivity contribution in [3.05, 3.63) is 12.2 Å². The molecule has 0 aromatic rings. The lowest BCUT2D eigenvalue weighted by Crippen LogP contribution is -2.55. The van der Waals surface area contributed by atoms with E-state index in [1.54, 1.807) is 0 Å². The number of carbonyl (C=O) groups is 1. The molecule has 4 heteroatoms. The van der Waals surface area contributed by atoms with Crippen molar-refractivity contribution in [1.82, 2.24) is 0 Å². The Labute approximate surface area is 135 Å². The van der Waals surface area contributed by atoms with Gasteiger partial charge < -0.3 is 9.53 Å².